The first-order chi connectivity index (χ1) is 9.76. The van der Waals surface area contributed by atoms with Crippen LogP contribution < -0.4 is 14.8 Å². The highest BCUT2D eigenvalue weighted by Gasteiger charge is 2.10. The van der Waals surface area contributed by atoms with Gasteiger partial charge in [0.25, 0.3) is 0 Å². The molecule has 0 bridgehead atoms. The van der Waals surface area contributed by atoms with E-state index in [-0.39, 0.29) is 0 Å². The van der Waals surface area contributed by atoms with Gasteiger partial charge in [0.15, 0.2) is 11.5 Å². The van der Waals surface area contributed by atoms with Crippen molar-refractivity contribution in [2.75, 3.05) is 19.0 Å². The monoisotopic (exact) mass is 291 g/mol. The zero-order valence-corrected chi connectivity index (χ0v) is 12.4. The lowest BCUT2D eigenvalue weighted by atomic mass is 10.1. The molecule has 0 radical (unpaired) electrons. The van der Waals surface area contributed by atoms with Crippen molar-refractivity contribution in [2.45, 2.75) is 13.5 Å². The van der Waals surface area contributed by atoms with Crippen LogP contribution in [0.4, 0.5) is 5.69 Å². The zero-order chi connectivity index (χ0) is 14.4. The molecule has 20 heavy (non-hydrogen) atoms. The van der Waals surface area contributed by atoms with E-state index in [1.54, 1.807) is 7.11 Å². The quantitative estimate of drug-likeness (QED) is 0.858. The van der Waals surface area contributed by atoms with Crippen molar-refractivity contribution in [1.82, 2.24) is 0 Å². The van der Waals surface area contributed by atoms with Crippen LogP contribution >= 0.6 is 11.6 Å². The number of methoxy groups -OCH3 is 1. The van der Waals surface area contributed by atoms with Crippen LogP contribution in [0.3, 0.4) is 0 Å². The molecule has 0 spiro atoms. The van der Waals surface area contributed by atoms with Gasteiger partial charge in [-0.3, -0.25) is 0 Å². The van der Waals surface area contributed by atoms with Crippen LogP contribution in [-0.2, 0) is 6.54 Å². The maximum atomic E-state index is 6.13. The Balaban J connectivity index is 2.17. The van der Waals surface area contributed by atoms with E-state index < -0.39 is 0 Å². The Morgan fingerprint density at radius 3 is 2.60 bits per heavy atom. The van der Waals surface area contributed by atoms with Gasteiger partial charge >= 0.3 is 0 Å². The lowest BCUT2D eigenvalue weighted by molar-refractivity contribution is 0.309. The predicted octanol–water partition coefficient (Wildman–Crippen LogP) is 4.36. The van der Waals surface area contributed by atoms with E-state index in [1.807, 2.05) is 49.4 Å². The third kappa shape index (κ3) is 3.36. The molecule has 0 aromatic heterocycles. The SMILES string of the molecule is CCOc1cccc(CNc2ccccc2Cl)c1OC. The number of halogens is 1. The first-order valence-electron chi connectivity index (χ1n) is 6.53. The Morgan fingerprint density at radius 1 is 1.10 bits per heavy atom. The summed E-state index contributed by atoms with van der Waals surface area (Å²) in [6.07, 6.45) is 0. The molecule has 2 aromatic rings. The molecule has 0 aliphatic rings. The van der Waals surface area contributed by atoms with E-state index in [0.717, 1.165) is 22.7 Å². The van der Waals surface area contributed by atoms with Crippen LogP contribution in [0.2, 0.25) is 5.02 Å². The summed E-state index contributed by atoms with van der Waals surface area (Å²) in [5.41, 5.74) is 1.93. The topological polar surface area (TPSA) is 30.5 Å². The second-order valence-corrected chi connectivity index (χ2v) is 4.62. The Hall–Kier alpha value is -1.87. The fraction of sp³-hybridized carbons (Fsp3) is 0.250. The van der Waals surface area contributed by atoms with Crippen LogP contribution in [0.5, 0.6) is 11.5 Å². The molecule has 0 saturated carbocycles. The highest BCUT2D eigenvalue weighted by atomic mass is 35.5. The second-order valence-electron chi connectivity index (χ2n) is 4.21. The first-order valence-corrected chi connectivity index (χ1v) is 6.91. The van der Waals surface area contributed by atoms with Crippen LogP contribution in [0.1, 0.15) is 12.5 Å². The number of hydrogen-bond donors (Lipinski definition) is 1. The lowest BCUT2D eigenvalue weighted by Crippen LogP contribution is -2.04. The molecule has 2 aromatic carbocycles. The third-order valence-corrected chi connectivity index (χ3v) is 3.24. The second kappa shape index (κ2) is 7.06. The van der Waals surface area contributed by atoms with Gasteiger partial charge < -0.3 is 14.8 Å². The van der Waals surface area contributed by atoms with E-state index in [0.29, 0.717) is 18.2 Å². The van der Waals surface area contributed by atoms with Crippen molar-refractivity contribution in [3.05, 3.63) is 53.1 Å². The van der Waals surface area contributed by atoms with Crippen molar-refractivity contribution >= 4 is 17.3 Å². The Labute approximate surface area is 124 Å². The maximum Gasteiger partial charge on any atom is 0.165 e. The summed E-state index contributed by atoms with van der Waals surface area (Å²) in [5.74, 6) is 1.52. The number of anilines is 1. The van der Waals surface area contributed by atoms with Gasteiger partial charge in [-0.15, -0.1) is 0 Å². The highest BCUT2D eigenvalue weighted by molar-refractivity contribution is 6.33. The third-order valence-electron chi connectivity index (χ3n) is 2.91. The number of rotatable bonds is 6. The van der Waals surface area contributed by atoms with Gasteiger partial charge in [-0.2, -0.15) is 0 Å². The molecule has 106 valence electrons. The molecule has 0 heterocycles. The fourth-order valence-electron chi connectivity index (χ4n) is 2.00. The van der Waals surface area contributed by atoms with Crippen molar-refractivity contribution in [3.8, 4) is 11.5 Å². The Kier molecular flexibility index (Phi) is 5.13. The number of nitrogens with one attached hydrogen (secondary N) is 1. The van der Waals surface area contributed by atoms with E-state index in [4.69, 9.17) is 21.1 Å². The lowest BCUT2D eigenvalue weighted by Gasteiger charge is -2.15. The molecule has 0 aliphatic heterocycles. The van der Waals surface area contributed by atoms with Gasteiger partial charge in [0, 0.05) is 12.1 Å². The highest BCUT2D eigenvalue weighted by Crippen LogP contribution is 2.32. The molecular formula is C16H18ClNO2. The summed E-state index contributed by atoms with van der Waals surface area (Å²) in [5, 5.41) is 4.01. The standard InChI is InChI=1S/C16H18ClNO2/c1-3-20-15-10-6-7-12(16(15)19-2)11-18-14-9-5-4-8-13(14)17/h4-10,18H,3,11H2,1-2H3. The molecule has 2 rings (SSSR count). The minimum Gasteiger partial charge on any atom is -0.493 e. The first kappa shape index (κ1) is 14.5. The van der Waals surface area contributed by atoms with E-state index in [9.17, 15) is 0 Å². The average Bonchev–Trinajstić information content (AvgIpc) is 2.47. The number of hydrogen-bond acceptors (Lipinski definition) is 3. The minimum atomic E-state index is 0.609. The minimum absolute atomic E-state index is 0.609. The summed E-state index contributed by atoms with van der Waals surface area (Å²) < 4.78 is 11.0. The molecular weight excluding hydrogens is 274 g/mol. The summed E-state index contributed by atoms with van der Waals surface area (Å²) in [4.78, 5) is 0. The van der Waals surface area contributed by atoms with Crippen molar-refractivity contribution in [3.63, 3.8) is 0 Å². The smallest absolute Gasteiger partial charge is 0.165 e. The molecule has 0 amide bonds. The fourth-order valence-corrected chi connectivity index (χ4v) is 2.20. The predicted molar refractivity (Wildman–Crippen MR) is 82.9 cm³/mol. The van der Waals surface area contributed by atoms with Crippen LogP contribution in [0, 0.1) is 0 Å². The van der Waals surface area contributed by atoms with Gasteiger partial charge in [-0.1, -0.05) is 35.9 Å². The normalized spacial score (nSPS) is 10.2. The largest absolute Gasteiger partial charge is 0.493 e. The van der Waals surface area contributed by atoms with Gasteiger partial charge in [-0.05, 0) is 25.1 Å². The van der Waals surface area contributed by atoms with E-state index in [1.165, 1.54) is 0 Å². The molecule has 0 unspecified atom stereocenters. The van der Waals surface area contributed by atoms with Gasteiger partial charge in [0.2, 0.25) is 0 Å². The van der Waals surface area contributed by atoms with Crippen LogP contribution in [-0.4, -0.2) is 13.7 Å². The summed E-state index contributed by atoms with van der Waals surface area (Å²) in [7, 11) is 1.65. The molecule has 3 nitrogen and oxygen atoms in total. The molecule has 0 aliphatic carbocycles. The van der Waals surface area contributed by atoms with Gasteiger partial charge in [0.1, 0.15) is 0 Å². The summed E-state index contributed by atoms with van der Waals surface area (Å²) in [6, 6.07) is 13.5. The molecule has 0 saturated heterocycles. The maximum absolute atomic E-state index is 6.13. The van der Waals surface area contributed by atoms with E-state index >= 15 is 0 Å². The molecule has 0 fully saturated rings. The van der Waals surface area contributed by atoms with Crippen LogP contribution in [0.15, 0.2) is 42.5 Å². The number of benzene rings is 2. The summed E-state index contributed by atoms with van der Waals surface area (Å²) in [6.45, 7) is 3.18. The Morgan fingerprint density at radius 2 is 1.90 bits per heavy atom. The van der Waals surface area contributed by atoms with Gasteiger partial charge in [-0.25, -0.2) is 0 Å². The van der Waals surface area contributed by atoms with E-state index in [2.05, 4.69) is 5.32 Å². The molecule has 0 atom stereocenters. The number of para-hydroxylation sites is 2. The van der Waals surface area contributed by atoms with Crippen molar-refractivity contribution < 1.29 is 9.47 Å². The molecule has 1 N–H and O–H groups in total. The van der Waals surface area contributed by atoms with Crippen molar-refractivity contribution in [1.29, 1.82) is 0 Å². The molecule has 4 heteroatoms. The van der Waals surface area contributed by atoms with Gasteiger partial charge in [0.05, 0.1) is 24.4 Å². The summed E-state index contributed by atoms with van der Waals surface area (Å²) >= 11 is 6.13. The number of ether oxygens (including phenoxy) is 2. The van der Waals surface area contributed by atoms with Crippen molar-refractivity contribution in [2.24, 2.45) is 0 Å². The zero-order valence-electron chi connectivity index (χ0n) is 11.7. The van der Waals surface area contributed by atoms with Crippen LogP contribution in [0.25, 0.3) is 0 Å². The Bertz CT molecular complexity index is 572. The average molecular weight is 292 g/mol.